The van der Waals surface area contributed by atoms with Crippen LogP contribution in [0.4, 0.5) is 15.8 Å². The van der Waals surface area contributed by atoms with E-state index >= 15 is 0 Å². The number of imide groups is 1. The van der Waals surface area contributed by atoms with E-state index in [1.54, 1.807) is 30.3 Å². The van der Waals surface area contributed by atoms with Gasteiger partial charge in [-0.3, -0.25) is 34.2 Å². The van der Waals surface area contributed by atoms with Gasteiger partial charge in [0.1, 0.15) is 11.9 Å². The Kier molecular flexibility index (Phi) is 7.90. The summed E-state index contributed by atoms with van der Waals surface area (Å²) in [6.45, 7) is 1.83. The molecular formula is C32H32FN5O5. The van der Waals surface area contributed by atoms with Crippen LogP contribution < -0.4 is 16.0 Å². The average molecular weight is 586 g/mol. The molecule has 10 nitrogen and oxygen atoms in total. The number of carbonyl (C=O) groups excluding carboxylic acids is 5. The van der Waals surface area contributed by atoms with Gasteiger partial charge in [0.25, 0.3) is 5.91 Å². The number of hydrogen-bond acceptors (Lipinski definition) is 6. The fraction of sp³-hybridized carbons (Fsp3) is 0.344. The van der Waals surface area contributed by atoms with Crippen LogP contribution in [0.15, 0.2) is 54.6 Å². The van der Waals surface area contributed by atoms with Gasteiger partial charge in [-0.2, -0.15) is 0 Å². The summed E-state index contributed by atoms with van der Waals surface area (Å²) in [5, 5.41) is 9.64. The first kappa shape index (κ1) is 28.5. The Bertz CT molecular complexity index is 1630. The predicted molar refractivity (Wildman–Crippen MR) is 157 cm³/mol. The highest BCUT2D eigenvalue weighted by atomic mass is 19.1. The highest BCUT2D eigenvalue weighted by molar-refractivity contribution is 6.06. The zero-order chi connectivity index (χ0) is 30.1. The summed E-state index contributed by atoms with van der Waals surface area (Å²) < 4.78 is 13.8. The van der Waals surface area contributed by atoms with Crippen LogP contribution in [0.1, 0.15) is 48.0 Å². The molecule has 0 aliphatic carbocycles. The lowest BCUT2D eigenvalue weighted by atomic mass is 9.93. The monoisotopic (exact) mass is 585 g/mol. The number of anilines is 2. The van der Waals surface area contributed by atoms with E-state index < -0.39 is 11.9 Å². The van der Waals surface area contributed by atoms with Gasteiger partial charge in [0.2, 0.25) is 23.6 Å². The number of nitrogens with one attached hydrogen (secondary N) is 3. The Labute approximate surface area is 247 Å². The van der Waals surface area contributed by atoms with Gasteiger partial charge in [-0.25, -0.2) is 4.39 Å². The summed E-state index contributed by atoms with van der Waals surface area (Å²) in [4.78, 5) is 65.8. The molecule has 2 fully saturated rings. The second kappa shape index (κ2) is 11.9. The van der Waals surface area contributed by atoms with E-state index in [-0.39, 0.29) is 54.9 Å². The molecule has 3 aromatic rings. The van der Waals surface area contributed by atoms with Crippen molar-refractivity contribution >= 4 is 51.7 Å². The van der Waals surface area contributed by atoms with E-state index in [1.807, 2.05) is 12.1 Å². The molecule has 5 amide bonds. The Hall–Kier alpha value is -4.64. The first-order chi connectivity index (χ1) is 20.7. The van der Waals surface area contributed by atoms with Gasteiger partial charge < -0.3 is 15.5 Å². The van der Waals surface area contributed by atoms with E-state index in [0.717, 1.165) is 23.8 Å². The first-order valence-electron chi connectivity index (χ1n) is 14.5. The van der Waals surface area contributed by atoms with Crippen molar-refractivity contribution in [1.82, 2.24) is 15.1 Å². The number of carbonyl (C=O) groups is 5. The zero-order valence-corrected chi connectivity index (χ0v) is 23.5. The number of rotatable bonds is 7. The molecule has 0 saturated carbocycles. The van der Waals surface area contributed by atoms with Crippen molar-refractivity contribution in [2.45, 2.75) is 44.7 Å². The fourth-order valence-corrected chi connectivity index (χ4v) is 6.22. The van der Waals surface area contributed by atoms with Crippen LogP contribution in [0.3, 0.4) is 0 Å². The Morgan fingerprint density at radius 3 is 2.53 bits per heavy atom. The number of hydrogen-bond donors (Lipinski definition) is 3. The second-order valence-electron chi connectivity index (χ2n) is 11.5. The summed E-state index contributed by atoms with van der Waals surface area (Å²) in [7, 11) is 0. The molecule has 3 aliphatic heterocycles. The summed E-state index contributed by atoms with van der Waals surface area (Å²) in [5.74, 6) is -1.51. The third-order valence-corrected chi connectivity index (χ3v) is 8.47. The largest absolute Gasteiger partial charge is 0.326 e. The van der Waals surface area contributed by atoms with Crippen LogP contribution in [0.2, 0.25) is 0 Å². The van der Waals surface area contributed by atoms with Crippen LogP contribution in [0.5, 0.6) is 0 Å². The standard InChI is InChI=1S/C32H32FN5O5/c33-22-5-4-20-2-1-3-26(25(20)16-22)35-30(41)18-37-12-10-19(11-13-37)14-29(40)34-23-6-7-24-21(15-23)17-38(32(24)43)27-8-9-28(39)36-31(27)42/h1-7,15-16,19,27H,8-14,17-18H2,(H,34,40)(H,35,41)(H,36,39,42). The van der Waals surface area contributed by atoms with E-state index in [2.05, 4.69) is 20.9 Å². The molecule has 0 aromatic heterocycles. The normalized spacial score (nSPS) is 19.3. The molecule has 0 spiro atoms. The van der Waals surface area contributed by atoms with Gasteiger partial charge >= 0.3 is 0 Å². The van der Waals surface area contributed by atoms with E-state index in [9.17, 15) is 28.4 Å². The van der Waals surface area contributed by atoms with Gasteiger partial charge in [0.05, 0.1) is 6.54 Å². The number of halogens is 1. The van der Waals surface area contributed by atoms with Crippen molar-refractivity contribution in [3.63, 3.8) is 0 Å². The lowest BCUT2D eigenvalue weighted by Gasteiger charge is -2.31. The minimum absolute atomic E-state index is 0.120. The number of fused-ring (bicyclic) bond motifs is 2. The highest BCUT2D eigenvalue weighted by Gasteiger charge is 2.39. The highest BCUT2D eigenvalue weighted by Crippen LogP contribution is 2.30. The minimum Gasteiger partial charge on any atom is -0.326 e. The molecule has 3 aliphatic rings. The molecule has 222 valence electrons. The molecule has 1 atom stereocenters. The molecule has 11 heteroatoms. The van der Waals surface area contributed by atoms with Crippen molar-refractivity contribution in [2.75, 3.05) is 30.3 Å². The molecule has 3 N–H and O–H groups in total. The number of likely N-dealkylation sites (tertiary alicyclic amines) is 1. The molecule has 0 bridgehead atoms. The van der Waals surface area contributed by atoms with Crippen molar-refractivity contribution in [2.24, 2.45) is 5.92 Å². The average Bonchev–Trinajstić information content (AvgIpc) is 3.29. The second-order valence-corrected chi connectivity index (χ2v) is 11.5. The third kappa shape index (κ3) is 6.26. The lowest BCUT2D eigenvalue weighted by molar-refractivity contribution is -0.137. The number of nitrogens with zero attached hydrogens (tertiary/aromatic N) is 2. The van der Waals surface area contributed by atoms with Crippen molar-refractivity contribution in [3.8, 4) is 0 Å². The van der Waals surface area contributed by atoms with Crippen molar-refractivity contribution < 1.29 is 28.4 Å². The minimum atomic E-state index is -0.685. The Morgan fingerprint density at radius 2 is 1.74 bits per heavy atom. The summed E-state index contributed by atoms with van der Waals surface area (Å²) in [5.41, 5.74) is 2.39. The zero-order valence-electron chi connectivity index (χ0n) is 23.5. The summed E-state index contributed by atoms with van der Waals surface area (Å²) in [6.07, 6.45) is 2.39. The van der Waals surface area contributed by atoms with E-state index in [1.165, 1.54) is 17.0 Å². The quantitative estimate of drug-likeness (QED) is 0.365. The number of amides is 5. The third-order valence-electron chi connectivity index (χ3n) is 8.47. The Balaban J connectivity index is 0.971. The van der Waals surface area contributed by atoms with Crippen LogP contribution in [0.25, 0.3) is 10.8 Å². The van der Waals surface area contributed by atoms with Gasteiger partial charge in [-0.05, 0) is 85.6 Å². The molecule has 2 saturated heterocycles. The van der Waals surface area contributed by atoms with Gasteiger partial charge in [-0.15, -0.1) is 0 Å². The molecule has 1 unspecified atom stereocenters. The lowest BCUT2D eigenvalue weighted by Crippen LogP contribution is -2.52. The first-order valence-corrected chi connectivity index (χ1v) is 14.5. The van der Waals surface area contributed by atoms with Crippen molar-refractivity contribution in [1.29, 1.82) is 0 Å². The van der Waals surface area contributed by atoms with Gasteiger partial charge in [0.15, 0.2) is 0 Å². The topological polar surface area (TPSA) is 128 Å². The molecule has 6 rings (SSSR count). The van der Waals surface area contributed by atoms with Crippen LogP contribution in [-0.4, -0.2) is 65.0 Å². The molecule has 43 heavy (non-hydrogen) atoms. The number of piperidine rings is 2. The van der Waals surface area contributed by atoms with Crippen molar-refractivity contribution in [3.05, 3.63) is 71.5 Å². The summed E-state index contributed by atoms with van der Waals surface area (Å²) in [6, 6.07) is 14.4. The van der Waals surface area contributed by atoms with Gasteiger partial charge in [0, 0.05) is 41.7 Å². The van der Waals surface area contributed by atoms with Crippen LogP contribution >= 0.6 is 0 Å². The van der Waals surface area contributed by atoms with Gasteiger partial charge in [-0.1, -0.05) is 18.2 Å². The van der Waals surface area contributed by atoms with Crippen LogP contribution in [0, 0.1) is 11.7 Å². The maximum Gasteiger partial charge on any atom is 0.255 e. The maximum absolute atomic E-state index is 13.8. The molecular weight excluding hydrogens is 553 g/mol. The van der Waals surface area contributed by atoms with E-state index in [0.29, 0.717) is 48.3 Å². The molecule has 3 aromatic carbocycles. The van der Waals surface area contributed by atoms with E-state index in [4.69, 9.17) is 0 Å². The maximum atomic E-state index is 13.8. The molecule has 0 radical (unpaired) electrons. The predicted octanol–water partition coefficient (Wildman–Crippen LogP) is 3.42. The Morgan fingerprint density at radius 1 is 0.930 bits per heavy atom. The number of benzene rings is 3. The molecule has 3 heterocycles. The smallest absolute Gasteiger partial charge is 0.255 e. The summed E-state index contributed by atoms with van der Waals surface area (Å²) >= 11 is 0. The van der Waals surface area contributed by atoms with Crippen LogP contribution in [-0.2, 0) is 25.7 Å². The fourth-order valence-electron chi connectivity index (χ4n) is 6.22. The SMILES string of the molecule is O=C1CCC(N2Cc3cc(NC(=O)CC4CCN(CC(=O)Nc5cccc6ccc(F)cc56)CC4)ccc3C2=O)C(=O)N1.